The first kappa shape index (κ1) is 18.3. The first-order valence-electron chi connectivity index (χ1n) is 9.60. The molecule has 8 nitrogen and oxygen atoms in total. The van der Waals surface area contributed by atoms with Crippen molar-refractivity contribution in [3.8, 4) is 11.5 Å². The van der Waals surface area contributed by atoms with Crippen LogP contribution in [0.25, 0.3) is 0 Å². The zero-order valence-electron chi connectivity index (χ0n) is 16.1. The van der Waals surface area contributed by atoms with E-state index in [1.54, 1.807) is 23.1 Å². The van der Waals surface area contributed by atoms with E-state index in [0.717, 1.165) is 17.7 Å². The van der Waals surface area contributed by atoms with E-state index >= 15 is 0 Å². The standard InChI is InChI=1S/C20H24N4O4/c1-3-12(2)9-21-19(25)18-14-10-24(7-6-15(14)22-23-18)20(26)13-4-5-16-17(8-13)28-11-27-16/h4-5,8,12H,3,6-7,9-11H2,1-2H3,(H,21,25)(H,22,23)/t12-/m1/s1. The van der Waals surface area contributed by atoms with Gasteiger partial charge in [0.1, 0.15) is 0 Å². The molecule has 0 bridgehead atoms. The molecule has 1 aromatic carbocycles. The number of carbonyl (C=O) groups excluding carboxylic acids is 2. The number of hydrogen-bond acceptors (Lipinski definition) is 5. The summed E-state index contributed by atoms with van der Waals surface area (Å²) in [5, 5.41) is 10.1. The number of H-pyrrole nitrogens is 1. The average Bonchev–Trinajstić information content (AvgIpc) is 3.36. The zero-order chi connectivity index (χ0) is 19.7. The number of rotatable bonds is 5. The van der Waals surface area contributed by atoms with Crippen molar-refractivity contribution < 1.29 is 19.1 Å². The fourth-order valence-corrected chi connectivity index (χ4v) is 3.36. The molecule has 28 heavy (non-hydrogen) atoms. The highest BCUT2D eigenvalue weighted by molar-refractivity contribution is 5.96. The van der Waals surface area contributed by atoms with Crippen LogP contribution in [0.15, 0.2) is 18.2 Å². The van der Waals surface area contributed by atoms with Crippen LogP contribution in [0.4, 0.5) is 0 Å². The lowest BCUT2D eigenvalue weighted by Gasteiger charge is -2.27. The maximum absolute atomic E-state index is 13.0. The zero-order valence-corrected chi connectivity index (χ0v) is 16.1. The molecule has 2 N–H and O–H groups in total. The Hall–Kier alpha value is -3.03. The third-order valence-electron chi connectivity index (χ3n) is 5.36. The SMILES string of the molecule is CC[C@@H](C)CNC(=O)c1n[nH]c2c1CN(C(=O)c1ccc3c(c1)OCO3)CC2. The number of hydrogen-bond donors (Lipinski definition) is 2. The van der Waals surface area contributed by atoms with E-state index in [4.69, 9.17) is 9.47 Å². The Balaban J connectivity index is 1.49. The molecular weight excluding hydrogens is 360 g/mol. The van der Waals surface area contributed by atoms with Gasteiger partial charge in [0.2, 0.25) is 6.79 Å². The normalized spacial score (nSPS) is 15.9. The fraction of sp³-hybridized carbons (Fsp3) is 0.450. The van der Waals surface area contributed by atoms with Gasteiger partial charge < -0.3 is 19.7 Å². The van der Waals surface area contributed by atoms with Crippen molar-refractivity contribution >= 4 is 11.8 Å². The molecule has 2 aromatic rings. The van der Waals surface area contributed by atoms with Crippen LogP contribution in [0.5, 0.6) is 11.5 Å². The summed E-state index contributed by atoms with van der Waals surface area (Å²) in [7, 11) is 0. The summed E-state index contributed by atoms with van der Waals surface area (Å²) in [6.07, 6.45) is 1.63. The Kier molecular flexibility index (Phi) is 4.93. The lowest BCUT2D eigenvalue weighted by Crippen LogP contribution is -2.37. The molecule has 0 radical (unpaired) electrons. The molecule has 8 heteroatoms. The van der Waals surface area contributed by atoms with Crippen LogP contribution >= 0.6 is 0 Å². The van der Waals surface area contributed by atoms with Crippen molar-refractivity contribution in [2.45, 2.75) is 33.2 Å². The third kappa shape index (κ3) is 3.42. The van der Waals surface area contributed by atoms with Gasteiger partial charge in [0.25, 0.3) is 11.8 Å². The molecule has 0 spiro atoms. The van der Waals surface area contributed by atoms with Gasteiger partial charge in [0.15, 0.2) is 17.2 Å². The molecule has 0 fully saturated rings. The summed E-state index contributed by atoms with van der Waals surface area (Å²) in [4.78, 5) is 27.2. The second kappa shape index (κ2) is 7.53. The van der Waals surface area contributed by atoms with Crippen molar-refractivity contribution in [2.24, 2.45) is 5.92 Å². The molecule has 2 amide bonds. The fourth-order valence-electron chi connectivity index (χ4n) is 3.36. The van der Waals surface area contributed by atoms with Gasteiger partial charge in [-0.1, -0.05) is 20.3 Å². The summed E-state index contributed by atoms with van der Waals surface area (Å²) in [5.74, 6) is 1.33. The first-order valence-corrected chi connectivity index (χ1v) is 9.60. The maximum atomic E-state index is 13.0. The third-order valence-corrected chi connectivity index (χ3v) is 5.36. The second-order valence-corrected chi connectivity index (χ2v) is 7.30. The van der Waals surface area contributed by atoms with Gasteiger partial charge in [-0.2, -0.15) is 5.10 Å². The molecule has 0 unspecified atom stereocenters. The molecule has 148 valence electrons. The van der Waals surface area contributed by atoms with Gasteiger partial charge in [-0.3, -0.25) is 14.7 Å². The maximum Gasteiger partial charge on any atom is 0.272 e. The number of aromatic nitrogens is 2. The van der Waals surface area contributed by atoms with E-state index in [2.05, 4.69) is 29.4 Å². The number of fused-ring (bicyclic) bond motifs is 2. The van der Waals surface area contributed by atoms with Crippen LogP contribution in [0.2, 0.25) is 0 Å². The second-order valence-electron chi connectivity index (χ2n) is 7.30. The van der Waals surface area contributed by atoms with Crippen LogP contribution in [0, 0.1) is 5.92 Å². The molecule has 0 saturated heterocycles. The van der Waals surface area contributed by atoms with Crippen molar-refractivity contribution in [1.29, 1.82) is 0 Å². The minimum atomic E-state index is -0.199. The Morgan fingerprint density at radius 3 is 2.96 bits per heavy atom. The number of nitrogens with zero attached hydrogens (tertiary/aromatic N) is 2. The Morgan fingerprint density at radius 2 is 2.14 bits per heavy atom. The predicted molar refractivity (Wildman–Crippen MR) is 101 cm³/mol. The lowest BCUT2D eigenvalue weighted by atomic mass is 10.0. The van der Waals surface area contributed by atoms with Gasteiger partial charge in [-0.15, -0.1) is 0 Å². The summed E-state index contributed by atoms with van der Waals surface area (Å²) in [6.45, 7) is 5.88. The number of aromatic amines is 1. The highest BCUT2D eigenvalue weighted by Crippen LogP contribution is 2.33. The largest absolute Gasteiger partial charge is 0.454 e. The Morgan fingerprint density at radius 1 is 1.32 bits per heavy atom. The molecule has 0 saturated carbocycles. The van der Waals surface area contributed by atoms with Gasteiger partial charge in [-0.25, -0.2) is 0 Å². The molecule has 4 rings (SSSR count). The van der Waals surface area contributed by atoms with Crippen molar-refractivity contribution in [3.05, 3.63) is 40.7 Å². The number of nitrogens with one attached hydrogen (secondary N) is 2. The molecule has 3 heterocycles. The number of benzene rings is 1. The summed E-state index contributed by atoms with van der Waals surface area (Å²) in [6, 6.07) is 5.19. The van der Waals surface area contributed by atoms with Crippen molar-refractivity contribution in [3.63, 3.8) is 0 Å². The van der Waals surface area contributed by atoms with Crippen molar-refractivity contribution in [1.82, 2.24) is 20.4 Å². The minimum Gasteiger partial charge on any atom is -0.454 e. The van der Waals surface area contributed by atoms with Crippen molar-refractivity contribution in [2.75, 3.05) is 19.9 Å². The van der Waals surface area contributed by atoms with E-state index < -0.39 is 0 Å². The van der Waals surface area contributed by atoms with Crippen LogP contribution in [-0.4, -0.2) is 46.8 Å². The summed E-state index contributed by atoms with van der Waals surface area (Å²) >= 11 is 0. The van der Waals surface area contributed by atoms with E-state index in [1.165, 1.54) is 0 Å². The summed E-state index contributed by atoms with van der Waals surface area (Å²) in [5.41, 5.74) is 2.63. The molecule has 0 aliphatic carbocycles. The van der Waals surface area contributed by atoms with Gasteiger partial charge in [0, 0.05) is 36.3 Å². The predicted octanol–water partition coefficient (Wildman–Crippen LogP) is 2.11. The molecule has 2 aliphatic heterocycles. The Bertz CT molecular complexity index is 908. The molecular formula is C20H24N4O4. The number of ether oxygens (including phenoxy) is 2. The summed E-state index contributed by atoms with van der Waals surface area (Å²) < 4.78 is 10.7. The van der Waals surface area contributed by atoms with Gasteiger partial charge >= 0.3 is 0 Å². The smallest absolute Gasteiger partial charge is 0.272 e. The van der Waals surface area contributed by atoms with E-state index in [1.807, 2.05) is 0 Å². The number of carbonyl (C=O) groups is 2. The van der Waals surface area contributed by atoms with Gasteiger partial charge in [-0.05, 0) is 24.1 Å². The first-order chi connectivity index (χ1) is 13.6. The molecule has 1 atom stereocenters. The highest BCUT2D eigenvalue weighted by atomic mass is 16.7. The van der Waals surface area contributed by atoms with Crippen LogP contribution in [0.3, 0.4) is 0 Å². The van der Waals surface area contributed by atoms with E-state index in [0.29, 0.717) is 54.7 Å². The van der Waals surface area contributed by atoms with E-state index in [-0.39, 0.29) is 18.6 Å². The number of amides is 2. The van der Waals surface area contributed by atoms with Crippen LogP contribution < -0.4 is 14.8 Å². The van der Waals surface area contributed by atoms with E-state index in [9.17, 15) is 9.59 Å². The molecule has 2 aliphatic rings. The lowest BCUT2D eigenvalue weighted by molar-refractivity contribution is 0.0731. The van der Waals surface area contributed by atoms with Crippen LogP contribution in [-0.2, 0) is 13.0 Å². The Labute approximate surface area is 163 Å². The van der Waals surface area contributed by atoms with Gasteiger partial charge in [0.05, 0.1) is 6.54 Å². The monoisotopic (exact) mass is 384 g/mol. The molecule has 1 aromatic heterocycles. The van der Waals surface area contributed by atoms with Crippen LogP contribution in [0.1, 0.15) is 52.4 Å². The quantitative estimate of drug-likeness (QED) is 0.823. The highest BCUT2D eigenvalue weighted by Gasteiger charge is 2.29. The minimum absolute atomic E-state index is 0.101. The topological polar surface area (TPSA) is 96.6 Å². The average molecular weight is 384 g/mol.